The number of quaternary nitrogens is 1. The van der Waals surface area contributed by atoms with E-state index in [1.54, 1.807) is 0 Å². The lowest BCUT2D eigenvalue weighted by Crippen LogP contribution is -2.92. The van der Waals surface area contributed by atoms with Crippen LogP contribution in [-0.2, 0) is 4.79 Å². The van der Waals surface area contributed by atoms with Gasteiger partial charge in [-0.15, -0.1) is 0 Å². The summed E-state index contributed by atoms with van der Waals surface area (Å²) in [5, 5.41) is 5.43. The van der Waals surface area contributed by atoms with E-state index in [0.717, 1.165) is 11.1 Å². The lowest BCUT2D eigenvalue weighted by Gasteiger charge is -2.24. The Bertz CT molecular complexity index is 1020. The molecule has 0 saturated carbocycles. The van der Waals surface area contributed by atoms with Gasteiger partial charge in [-0.05, 0) is 18.1 Å². The summed E-state index contributed by atoms with van der Waals surface area (Å²) in [7, 11) is 0. The molecule has 4 aromatic carbocycles. The monoisotopic (exact) mass is 421 g/mol. The SMILES string of the molecule is C[C@@H]([NH2+]C(c1ccccc1)c1ccccc1)C(=O)NC(c1ccccc1)c1ccccc1. The molecule has 3 N–H and O–H groups in total. The summed E-state index contributed by atoms with van der Waals surface area (Å²) in [6.45, 7) is 1.97. The van der Waals surface area contributed by atoms with E-state index in [1.807, 2.05) is 79.7 Å². The summed E-state index contributed by atoms with van der Waals surface area (Å²) in [6.07, 6.45) is 0. The van der Waals surface area contributed by atoms with Gasteiger partial charge in [-0.25, -0.2) is 0 Å². The second-order valence-electron chi connectivity index (χ2n) is 8.04. The summed E-state index contributed by atoms with van der Waals surface area (Å²) in [5.74, 6) is 0.0135. The first-order valence-corrected chi connectivity index (χ1v) is 11.1. The van der Waals surface area contributed by atoms with Crippen LogP contribution in [0, 0.1) is 0 Å². The largest absolute Gasteiger partial charge is 0.340 e. The Morgan fingerprint density at radius 2 is 0.938 bits per heavy atom. The molecule has 0 heterocycles. The quantitative estimate of drug-likeness (QED) is 0.428. The fourth-order valence-electron chi connectivity index (χ4n) is 4.04. The fourth-order valence-corrected chi connectivity index (χ4v) is 4.04. The van der Waals surface area contributed by atoms with E-state index in [2.05, 4.69) is 59.2 Å². The third kappa shape index (κ3) is 5.32. The molecular formula is C29H29N2O+. The molecule has 0 aliphatic heterocycles. The van der Waals surface area contributed by atoms with Crippen LogP contribution in [0.25, 0.3) is 0 Å². The first-order chi connectivity index (χ1) is 15.7. The number of carbonyl (C=O) groups excluding carboxylic acids is 1. The molecular weight excluding hydrogens is 392 g/mol. The number of hydrogen-bond donors (Lipinski definition) is 2. The lowest BCUT2D eigenvalue weighted by atomic mass is 9.97. The molecule has 3 heteroatoms. The minimum atomic E-state index is -0.268. The van der Waals surface area contributed by atoms with Crippen molar-refractivity contribution < 1.29 is 10.1 Å². The molecule has 0 unspecified atom stereocenters. The molecule has 32 heavy (non-hydrogen) atoms. The summed E-state index contributed by atoms with van der Waals surface area (Å²) >= 11 is 0. The van der Waals surface area contributed by atoms with Gasteiger partial charge in [-0.2, -0.15) is 0 Å². The van der Waals surface area contributed by atoms with E-state index in [0.29, 0.717) is 0 Å². The smallest absolute Gasteiger partial charge is 0.278 e. The van der Waals surface area contributed by atoms with Crippen LogP contribution in [0.5, 0.6) is 0 Å². The highest BCUT2D eigenvalue weighted by molar-refractivity contribution is 5.80. The van der Waals surface area contributed by atoms with Gasteiger partial charge in [0.1, 0.15) is 6.04 Å². The first-order valence-electron chi connectivity index (χ1n) is 11.1. The summed E-state index contributed by atoms with van der Waals surface area (Å²) < 4.78 is 0. The van der Waals surface area contributed by atoms with Gasteiger partial charge in [0.15, 0.2) is 6.04 Å². The predicted molar refractivity (Wildman–Crippen MR) is 129 cm³/mol. The molecule has 0 aliphatic rings. The van der Waals surface area contributed by atoms with Crippen molar-refractivity contribution in [1.29, 1.82) is 0 Å². The third-order valence-corrected chi connectivity index (χ3v) is 5.76. The Hall–Kier alpha value is -3.69. The molecule has 3 nitrogen and oxygen atoms in total. The van der Waals surface area contributed by atoms with Crippen LogP contribution in [0.3, 0.4) is 0 Å². The summed E-state index contributed by atoms with van der Waals surface area (Å²) in [5.41, 5.74) is 4.51. The van der Waals surface area contributed by atoms with Crippen LogP contribution in [0.2, 0.25) is 0 Å². The van der Waals surface area contributed by atoms with Gasteiger partial charge in [0, 0.05) is 11.1 Å². The van der Waals surface area contributed by atoms with Gasteiger partial charge < -0.3 is 10.6 Å². The molecule has 1 amide bonds. The van der Waals surface area contributed by atoms with Gasteiger partial charge in [-0.3, -0.25) is 4.79 Å². The van der Waals surface area contributed by atoms with E-state index >= 15 is 0 Å². The molecule has 0 fully saturated rings. The number of nitrogens with two attached hydrogens (primary N) is 1. The van der Waals surface area contributed by atoms with Crippen molar-refractivity contribution in [3.05, 3.63) is 144 Å². The van der Waals surface area contributed by atoms with Crippen molar-refractivity contribution >= 4 is 5.91 Å². The highest BCUT2D eigenvalue weighted by Crippen LogP contribution is 2.22. The van der Waals surface area contributed by atoms with Crippen LogP contribution in [-0.4, -0.2) is 11.9 Å². The third-order valence-electron chi connectivity index (χ3n) is 5.76. The van der Waals surface area contributed by atoms with Crippen molar-refractivity contribution in [2.45, 2.75) is 25.0 Å². The second kappa shape index (κ2) is 10.6. The van der Waals surface area contributed by atoms with Crippen molar-refractivity contribution in [3.63, 3.8) is 0 Å². The number of benzene rings is 4. The van der Waals surface area contributed by atoms with Crippen molar-refractivity contribution in [1.82, 2.24) is 5.32 Å². The highest BCUT2D eigenvalue weighted by atomic mass is 16.2. The Morgan fingerprint density at radius 1 is 0.594 bits per heavy atom. The minimum absolute atomic E-state index is 0.0135. The van der Waals surface area contributed by atoms with Gasteiger partial charge in [0.25, 0.3) is 5.91 Å². The van der Waals surface area contributed by atoms with E-state index in [-0.39, 0.29) is 24.0 Å². The highest BCUT2D eigenvalue weighted by Gasteiger charge is 2.27. The molecule has 0 bridgehead atoms. The van der Waals surface area contributed by atoms with E-state index in [1.165, 1.54) is 11.1 Å². The molecule has 0 spiro atoms. The van der Waals surface area contributed by atoms with Gasteiger partial charge in [-0.1, -0.05) is 121 Å². The number of nitrogens with one attached hydrogen (secondary N) is 1. The zero-order valence-electron chi connectivity index (χ0n) is 18.3. The summed E-state index contributed by atoms with van der Waals surface area (Å²) in [4.78, 5) is 13.4. The molecule has 0 aromatic heterocycles. The Morgan fingerprint density at radius 3 is 1.31 bits per heavy atom. The van der Waals surface area contributed by atoms with Crippen LogP contribution >= 0.6 is 0 Å². The standard InChI is InChI=1S/C29H28N2O/c1-22(30-27(23-14-6-2-7-15-23)24-16-8-3-9-17-24)29(32)31-28(25-18-10-4-11-19-25)26-20-12-5-13-21-26/h2-22,27-28,30H,1H3,(H,31,32)/p+1/t22-/m1/s1. The Balaban J connectivity index is 1.56. The number of hydrogen-bond acceptors (Lipinski definition) is 1. The molecule has 160 valence electrons. The average molecular weight is 422 g/mol. The summed E-state index contributed by atoms with van der Waals surface area (Å²) in [6, 6.07) is 40.6. The van der Waals surface area contributed by atoms with Crippen molar-refractivity contribution in [2.24, 2.45) is 0 Å². The average Bonchev–Trinajstić information content (AvgIpc) is 2.87. The predicted octanol–water partition coefficient (Wildman–Crippen LogP) is 4.63. The van der Waals surface area contributed by atoms with Crippen LogP contribution in [0.1, 0.15) is 41.3 Å². The van der Waals surface area contributed by atoms with E-state index < -0.39 is 0 Å². The molecule has 4 aromatic rings. The number of amides is 1. The van der Waals surface area contributed by atoms with Crippen molar-refractivity contribution in [2.75, 3.05) is 0 Å². The van der Waals surface area contributed by atoms with Crippen LogP contribution in [0.15, 0.2) is 121 Å². The van der Waals surface area contributed by atoms with E-state index in [4.69, 9.17) is 0 Å². The van der Waals surface area contributed by atoms with Crippen LogP contribution in [0.4, 0.5) is 0 Å². The minimum Gasteiger partial charge on any atom is -0.340 e. The number of rotatable bonds is 8. The molecule has 4 rings (SSSR count). The Labute approximate surface area is 190 Å². The van der Waals surface area contributed by atoms with E-state index in [9.17, 15) is 4.79 Å². The molecule has 1 atom stereocenters. The Kier molecular flexibility index (Phi) is 7.11. The van der Waals surface area contributed by atoms with Crippen molar-refractivity contribution in [3.8, 4) is 0 Å². The topological polar surface area (TPSA) is 45.7 Å². The zero-order chi connectivity index (χ0) is 22.2. The molecule has 0 aliphatic carbocycles. The molecule has 0 radical (unpaired) electrons. The maximum atomic E-state index is 13.4. The van der Waals surface area contributed by atoms with Gasteiger partial charge >= 0.3 is 0 Å². The normalized spacial score (nSPS) is 12.0. The molecule has 0 saturated heterocycles. The van der Waals surface area contributed by atoms with Crippen LogP contribution < -0.4 is 10.6 Å². The first kappa shape index (κ1) is 21.5. The second-order valence-corrected chi connectivity index (χ2v) is 8.04. The number of carbonyl (C=O) groups is 1. The fraction of sp³-hybridized carbons (Fsp3) is 0.138. The maximum absolute atomic E-state index is 13.4. The maximum Gasteiger partial charge on any atom is 0.278 e. The lowest BCUT2D eigenvalue weighted by molar-refractivity contribution is -0.704. The zero-order valence-corrected chi connectivity index (χ0v) is 18.3. The van der Waals surface area contributed by atoms with Gasteiger partial charge in [0.05, 0.1) is 6.04 Å². The van der Waals surface area contributed by atoms with Gasteiger partial charge in [0.2, 0.25) is 0 Å².